The minimum Gasteiger partial charge on any atom is -0.388 e. The van der Waals surface area contributed by atoms with Crippen LogP contribution in [0, 0.1) is 22.7 Å². The summed E-state index contributed by atoms with van der Waals surface area (Å²) in [6.07, 6.45) is -10.2. The maximum atomic E-state index is 13.5. The third-order valence-corrected chi connectivity index (χ3v) is 3.71. The standard InChI is InChI=1S/C21H32F4N2O9/c1-2-7-30-10-17(28)12-33-14-20(22,23)36-21(24,25)15-34-16-32-9-8-31-11-18(29)13-35-19(3-5-26)4-6-27/h2,17-19,28-29H,1,3-4,7-16H2. The number of nitriles is 2. The summed E-state index contributed by atoms with van der Waals surface area (Å²) in [4.78, 5) is 0. The summed E-state index contributed by atoms with van der Waals surface area (Å²) in [5.74, 6) is 0. The molecule has 0 spiro atoms. The van der Waals surface area contributed by atoms with E-state index in [0.29, 0.717) is 0 Å². The summed E-state index contributed by atoms with van der Waals surface area (Å²) in [6.45, 7) is -1.48. The maximum absolute atomic E-state index is 13.5. The fraction of sp³-hybridized carbons (Fsp3) is 0.810. The molecule has 0 rings (SSSR count). The molecule has 0 aliphatic heterocycles. The summed E-state index contributed by atoms with van der Waals surface area (Å²) in [7, 11) is 0. The molecule has 2 atom stereocenters. The van der Waals surface area contributed by atoms with Crippen LogP contribution in [0.25, 0.3) is 0 Å². The highest BCUT2D eigenvalue weighted by Crippen LogP contribution is 2.27. The molecule has 2 N–H and O–H groups in total. The molecule has 0 aliphatic rings. The normalized spacial score (nSPS) is 13.8. The third kappa shape index (κ3) is 20.3. The van der Waals surface area contributed by atoms with Crippen LogP contribution in [0.2, 0.25) is 0 Å². The Kier molecular flexibility index (Phi) is 19.1. The Balaban J connectivity index is 3.90. The van der Waals surface area contributed by atoms with Crippen molar-refractivity contribution in [1.29, 1.82) is 10.5 Å². The van der Waals surface area contributed by atoms with E-state index in [0.717, 1.165) is 0 Å². The van der Waals surface area contributed by atoms with E-state index >= 15 is 0 Å². The van der Waals surface area contributed by atoms with E-state index in [-0.39, 0.29) is 52.5 Å². The van der Waals surface area contributed by atoms with Crippen LogP contribution in [0.15, 0.2) is 12.7 Å². The molecule has 15 heteroatoms. The van der Waals surface area contributed by atoms with Crippen LogP contribution < -0.4 is 0 Å². The smallest absolute Gasteiger partial charge is 0.383 e. The van der Waals surface area contributed by atoms with Gasteiger partial charge in [0.2, 0.25) is 0 Å². The Morgan fingerprint density at radius 1 is 0.778 bits per heavy atom. The average molecular weight is 532 g/mol. The van der Waals surface area contributed by atoms with Gasteiger partial charge in [0.1, 0.15) is 32.2 Å². The van der Waals surface area contributed by atoms with Gasteiger partial charge in [0.25, 0.3) is 0 Å². The van der Waals surface area contributed by atoms with Gasteiger partial charge in [0.15, 0.2) is 0 Å². The van der Waals surface area contributed by atoms with Crippen molar-refractivity contribution in [1.82, 2.24) is 0 Å². The van der Waals surface area contributed by atoms with Gasteiger partial charge in [0, 0.05) is 0 Å². The van der Waals surface area contributed by atoms with Crippen molar-refractivity contribution >= 4 is 0 Å². The Labute approximate surface area is 206 Å². The molecule has 0 fully saturated rings. The number of alkyl halides is 4. The van der Waals surface area contributed by atoms with Crippen molar-refractivity contribution in [3.05, 3.63) is 12.7 Å². The first-order chi connectivity index (χ1) is 17.0. The zero-order valence-electron chi connectivity index (χ0n) is 19.7. The number of rotatable bonds is 24. The molecule has 0 aromatic rings. The predicted molar refractivity (Wildman–Crippen MR) is 113 cm³/mol. The highest BCUT2D eigenvalue weighted by atomic mass is 19.3. The van der Waals surface area contributed by atoms with Crippen molar-refractivity contribution < 1.29 is 60.9 Å². The molecule has 0 aliphatic carbocycles. The van der Waals surface area contributed by atoms with E-state index in [4.69, 9.17) is 29.5 Å². The highest BCUT2D eigenvalue weighted by Gasteiger charge is 2.44. The Morgan fingerprint density at radius 3 is 1.92 bits per heavy atom. The van der Waals surface area contributed by atoms with Crippen LogP contribution in [0.3, 0.4) is 0 Å². The highest BCUT2D eigenvalue weighted by molar-refractivity contribution is 4.84. The first kappa shape index (κ1) is 34.1. The topological polar surface area (TPSA) is 153 Å². The van der Waals surface area contributed by atoms with E-state index in [1.165, 1.54) is 6.08 Å². The zero-order chi connectivity index (χ0) is 27.3. The molecular formula is C21H32F4N2O9. The summed E-state index contributed by atoms with van der Waals surface area (Å²) < 4.78 is 86.6. The van der Waals surface area contributed by atoms with Gasteiger partial charge < -0.3 is 38.6 Å². The van der Waals surface area contributed by atoms with Crippen molar-refractivity contribution in [3.63, 3.8) is 0 Å². The van der Waals surface area contributed by atoms with Crippen LogP contribution >= 0.6 is 0 Å². The SMILES string of the molecule is C=CCOCC(O)COCC(F)(F)OC(F)(F)COCOCCOCC(O)COC(CC#N)CC#N. The number of ether oxygens (including phenoxy) is 7. The fourth-order valence-corrected chi connectivity index (χ4v) is 2.23. The molecule has 11 nitrogen and oxygen atoms in total. The maximum Gasteiger partial charge on any atom is 0.383 e. The van der Waals surface area contributed by atoms with Crippen LogP contribution in [-0.2, 0) is 33.2 Å². The molecule has 0 radical (unpaired) electrons. The summed E-state index contributed by atoms with van der Waals surface area (Å²) in [6, 6.07) is 3.73. The monoisotopic (exact) mass is 532 g/mol. The van der Waals surface area contributed by atoms with Crippen molar-refractivity contribution in [2.24, 2.45) is 0 Å². The van der Waals surface area contributed by atoms with Crippen LogP contribution in [0.5, 0.6) is 0 Å². The summed E-state index contributed by atoms with van der Waals surface area (Å²) in [5, 5.41) is 36.4. The molecular weight excluding hydrogens is 500 g/mol. The molecule has 0 saturated heterocycles. The lowest BCUT2D eigenvalue weighted by molar-refractivity contribution is -0.396. The lowest BCUT2D eigenvalue weighted by atomic mass is 10.2. The third-order valence-electron chi connectivity index (χ3n) is 3.71. The number of nitrogens with zero attached hydrogens (tertiary/aromatic N) is 2. The zero-order valence-corrected chi connectivity index (χ0v) is 19.7. The average Bonchev–Trinajstić information content (AvgIpc) is 2.78. The minimum atomic E-state index is -4.35. The summed E-state index contributed by atoms with van der Waals surface area (Å²) in [5.41, 5.74) is 0. The molecule has 0 bridgehead atoms. The van der Waals surface area contributed by atoms with Gasteiger partial charge >= 0.3 is 12.2 Å². The molecule has 0 amide bonds. The van der Waals surface area contributed by atoms with E-state index in [9.17, 15) is 27.8 Å². The second kappa shape index (κ2) is 20.2. The lowest BCUT2D eigenvalue weighted by Gasteiger charge is -2.24. The number of halogens is 4. The molecule has 208 valence electrons. The molecule has 0 saturated carbocycles. The lowest BCUT2D eigenvalue weighted by Crippen LogP contribution is -2.40. The van der Waals surface area contributed by atoms with Gasteiger partial charge in [-0.05, 0) is 0 Å². The molecule has 2 unspecified atom stereocenters. The van der Waals surface area contributed by atoms with Crippen LogP contribution in [0.1, 0.15) is 12.8 Å². The van der Waals surface area contributed by atoms with E-state index in [1.807, 2.05) is 12.1 Å². The number of aliphatic hydroxyl groups excluding tert-OH is 2. The second-order valence-electron chi connectivity index (χ2n) is 7.15. The second-order valence-corrected chi connectivity index (χ2v) is 7.15. The largest absolute Gasteiger partial charge is 0.388 e. The van der Waals surface area contributed by atoms with Gasteiger partial charge in [0.05, 0.1) is 77.3 Å². The van der Waals surface area contributed by atoms with E-state index in [1.54, 1.807) is 0 Å². The van der Waals surface area contributed by atoms with Crippen molar-refractivity contribution in [2.75, 3.05) is 66.3 Å². The van der Waals surface area contributed by atoms with Gasteiger partial charge in [-0.3, -0.25) is 4.74 Å². The molecule has 36 heavy (non-hydrogen) atoms. The van der Waals surface area contributed by atoms with Crippen molar-refractivity contribution in [3.8, 4) is 12.1 Å². The molecule has 0 aromatic heterocycles. The van der Waals surface area contributed by atoms with Gasteiger partial charge in [-0.25, -0.2) is 0 Å². The Hall–Kier alpha value is -1.92. The Bertz CT molecular complexity index is 646. The summed E-state index contributed by atoms with van der Waals surface area (Å²) >= 11 is 0. The number of hydrogen-bond donors (Lipinski definition) is 2. The molecule has 0 aromatic carbocycles. The van der Waals surface area contributed by atoms with Crippen molar-refractivity contribution in [2.45, 2.75) is 43.4 Å². The van der Waals surface area contributed by atoms with Gasteiger partial charge in [-0.1, -0.05) is 6.08 Å². The van der Waals surface area contributed by atoms with E-state index < -0.39 is 57.1 Å². The minimum absolute atomic E-state index is 0.00115. The van der Waals surface area contributed by atoms with Crippen LogP contribution in [-0.4, -0.2) is 107 Å². The Morgan fingerprint density at radius 2 is 1.31 bits per heavy atom. The van der Waals surface area contributed by atoms with E-state index in [2.05, 4.69) is 20.8 Å². The predicted octanol–water partition coefficient (Wildman–Crippen LogP) is 1.35. The first-order valence-electron chi connectivity index (χ1n) is 10.7. The number of aliphatic hydroxyl groups is 2. The quantitative estimate of drug-likeness (QED) is 0.0802. The van der Waals surface area contributed by atoms with Crippen LogP contribution in [0.4, 0.5) is 17.6 Å². The molecule has 0 heterocycles. The number of hydrogen-bond acceptors (Lipinski definition) is 11. The van der Waals surface area contributed by atoms with Gasteiger partial charge in [-0.2, -0.15) is 28.1 Å². The van der Waals surface area contributed by atoms with Gasteiger partial charge in [-0.15, -0.1) is 6.58 Å². The fourth-order valence-electron chi connectivity index (χ4n) is 2.23. The first-order valence-corrected chi connectivity index (χ1v) is 10.7.